The molecular formula is C28H16GeN4S2. The molecule has 164 valence electrons. The van der Waals surface area contributed by atoms with Crippen LogP contribution < -0.4 is 17.6 Å². The third kappa shape index (κ3) is 2.56. The van der Waals surface area contributed by atoms with Gasteiger partial charge in [0.05, 0.1) is 0 Å². The van der Waals surface area contributed by atoms with E-state index >= 15 is 0 Å². The summed E-state index contributed by atoms with van der Waals surface area (Å²) in [5.74, 6) is 0. The fourth-order valence-corrected chi connectivity index (χ4v) is 21.8. The Morgan fingerprint density at radius 2 is 1.06 bits per heavy atom. The molecule has 0 N–H and O–H groups in total. The number of hydrogen-bond acceptors (Lipinski definition) is 6. The fraction of sp³-hybridized carbons (Fsp3) is 0. The van der Waals surface area contributed by atoms with Crippen LogP contribution in [0.4, 0.5) is 0 Å². The van der Waals surface area contributed by atoms with Crippen LogP contribution in [-0.4, -0.2) is 33.2 Å². The van der Waals surface area contributed by atoms with E-state index in [9.17, 15) is 0 Å². The van der Waals surface area contributed by atoms with Crippen LogP contribution in [-0.2, 0) is 0 Å². The van der Waals surface area contributed by atoms with E-state index in [0.29, 0.717) is 0 Å². The third-order valence-electron chi connectivity index (χ3n) is 7.05. The molecule has 0 atom stereocenters. The zero-order valence-electron chi connectivity index (χ0n) is 18.3. The van der Waals surface area contributed by atoms with Gasteiger partial charge < -0.3 is 0 Å². The first-order chi connectivity index (χ1) is 17.4. The molecule has 1 spiro atoms. The molecule has 8 heterocycles. The number of nitrogens with zero attached hydrogens (tertiary/aromatic N) is 4. The van der Waals surface area contributed by atoms with E-state index in [1.54, 1.807) is 0 Å². The quantitative estimate of drug-likeness (QED) is 0.308. The summed E-state index contributed by atoms with van der Waals surface area (Å²) < 4.78 is 5.80. The Morgan fingerprint density at radius 1 is 0.543 bits per heavy atom. The van der Waals surface area contributed by atoms with Gasteiger partial charge in [0.25, 0.3) is 0 Å². The summed E-state index contributed by atoms with van der Waals surface area (Å²) in [5.41, 5.74) is 4.69. The average Bonchev–Trinajstić information content (AvgIpc) is 3.66. The third-order valence-corrected chi connectivity index (χ3v) is 20.4. The van der Waals surface area contributed by atoms with Crippen LogP contribution in [0, 0.1) is 0 Å². The molecule has 0 aromatic carbocycles. The van der Waals surface area contributed by atoms with Crippen molar-refractivity contribution in [1.29, 1.82) is 0 Å². The second-order valence-electron chi connectivity index (χ2n) is 8.73. The summed E-state index contributed by atoms with van der Waals surface area (Å²) in [6, 6.07) is 21.5. The Labute approximate surface area is 212 Å². The molecule has 8 rings (SSSR count). The van der Waals surface area contributed by atoms with Gasteiger partial charge in [-0.05, 0) is 0 Å². The fourth-order valence-electron chi connectivity index (χ4n) is 5.67. The van der Waals surface area contributed by atoms with Crippen molar-refractivity contribution in [1.82, 2.24) is 19.9 Å². The van der Waals surface area contributed by atoms with E-state index in [2.05, 4.69) is 80.9 Å². The zero-order chi connectivity index (χ0) is 23.0. The van der Waals surface area contributed by atoms with Crippen LogP contribution in [0.25, 0.3) is 42.0 Å². The summed E-state index contributed by atoms with van der Waals surface area (Å²) in [6.45, 7) is 0. The van der Waals surface area contributed by atoms with Crippen LogP contribution in [0.1, 0.15) is 0 Å². The van der Waals surface area contributed by atoms with E-state index < -0.39 is 13.3 Å². The number of thiophene rings is 2. The van der Waals surface area contributed by atoms with Gasteiger partial charge in [-0.1, -0.05) is 0 Å². The van der Waals surface area contributed by atoms with Crippen molar-refractivity contribution in [2.45, 2.75) is 0 Å². The average molecular weight is 545 g/mol. The Morgan fingerprint density at radius 3 is 1.51 bits per heavy atom. The van der Waals surface area contributed by atoms with Crippen molar-refractivity contribution in [2.24, 2.45) is 0 Å². The number of hydrogen-bond donors (Lipinski definition) is 0. The number of aromatic nitrogens is 4. The molecule has 0 amide bonds. The molecule has 6 aromatic heterocycles. The van der Waals surface area contributed by atoms with Crippen LogP contribution >= 0.6 is 22.7 Å². The van der Waals surface area contributed by atoms with E-state index in [4.69, 9.17) is 0 Å². The van der Waals surface area contributed by atoms with Gasteiger partial charge in [-0.25, -0.2) is 0 Å². The van der Waals surface area contributed by atoms with Crippen LogP contribution in [0.15, 0.2) is 97.8 Å². The van der Waals surface area contributed by atoms with E-state index in [1.165, 1.54) is 48.2 Å². The second-order valence-corrected chi connectivity index (χ2v) is 18.5. The molecule has 2 aliphatic rings. The van der Waals surface area contributed by atoms with Crippen molar-refractivity contribution < 1.29 is 0 Å². The molecule has 2 aliphatic heterocycles. The van der Waals surface area contributed by atoms with Crippen molar-refractivity contribution in [3.63, 3.8) is 0 Å². The molecule has 0 bridgehead atoms. The summed E-state index contributed by atoms with van der Waals surface area (Å²) in [6.07, 6.45) is 11.8. The first-order valence-electron chi connectivity index (χ1n) is 11.4. The van der Waals surface area contributed by atoms with Crippen LogP contribution in [0.5, 0.6) is 0 Å². The number of rotatable bonds is 2. The minimum absolute atomic E-state index is 1.03. The monoisotopic (exact) mass is 546 g/mol. The topological polar surface area (TPSA) is 51.6 Å². The van der Waals surface area contributed by atoms with Crippen molar-refractivity contribution >= 4 is 53.5 Å². The van der Waals surface area contributed by atoms with E-state index in [1.807, 2.05) is 59.6 Å². The van der Waals surface area contributed by atoms with Crippen molar-refractivity contribution in [2.75, 3.05) is 0 Å². The second kappa shape index (κ2) is 7.27. The van der Waals surface area contributed by atoms with Crippen LogP contribution in [0.3, 0.4) is 0 Å². The van der Waals surface area contributed by atoms with Gasteiger partial charge >= 0.3 is 213 Å². The molecule has 0 aliphatic carbocycles. The molecule has 0 radical (unpaired) electrons. The zero-order valence-corrected chi connectivity index (χ0v) is 22.1. The molecule has 7 heteroatoms. The molecular weight excluding hydrogens is 529 g/mol. The van der Waals surface area contributed by atoms with Gasteiger partial charge in [0.2, 0.25) is 0 Å². The first kappa shape index (κ1) is 19.8. The Bertz CT molecular complexity index is 1630. The van der Waals surface area contributed by atoms with E-state index in [0.717, 1.165) is 11.4 Å². The molecule has 0 fully saturated rings. The Balaban J connectivity index is 1.49. The predicted octanol–water partition coefficient (Wildman–Crippen LogP) is 4.06. The van der Waals surface area contributed by atoms with E-state index in [-0.39, 0.29) is 0 Å². The maximum atomic E-state index is 4.67. The van der Waals surface area contributed by atoms with Gasteiger partial charge in [0.15, 0.2) is 0 Å². The van der Waals surface area contributed by atoms with Gasteiger partial charge in [0.1, 0.15) is 0 Å². The van der Waals surface area contributed by atoms with Crippen LogP contribution in [0.2, 0.25) is 0 Å². The number of fused-ring (bicyclic) bond motifs is 10. The number of pyridine rings is 4. The van der Waals surface area contributed by atoms with Gasteiger partial charge in [-0.15, -0.1) is 0 Å². The standard InChI is InChI=1S/C28H16GeN4S2/c1-3-9-32-23(5-1)25-13-19-27(34-25)28-20(14-26(35-28)24-6-2-4-10-33-24)29(19)21-15-30-11-7-17(21)18-8-12-31-16-22(18)29/h1-16H. The molecule has 0 saturated carbocycles. The van der Waals surface area contributed by atoms with Crippen molar-refractivity contribution in [3.05, 3.63) is 97.8 Å². The SMILES string of the molecule is c1ccc(-c2c[c]3c(s2)-c2sc(-c4ccccn4)c[c]2[Ge]32[c]3cnccc3-c3ccnc[c]32)nc1. The minimum atomic E-state index is -3.27. The maximum absolute atomic E-state index is 4.67. The summed E-state index contributed by atoms with van der Waals surface area (Å²) in [5, 5.41) is 0. The summed E-state index contributed by atoms with van der Waals surface area (Å²) in [7, 11) is 0. The first-order valence-corrected chi connectivity index (χ1v) is 17.2. The Kier molecular flexibility index (Phi) is 4.12. The molecule has 0 unspecified atom stereocenters. The van der Waals surface area contributed by atoms with Gasteiger partial charge in [-0.3, -0.25) is 0 Å². The summed E-state index contributed by atoms with van der Waals surface area (Å²) in [4.78, 5) is 23.9. The molecule has 4 nitrogen and oxygen atoms in total. The normalized spacial score (nSPS) is 13.9. The predicted molar refractivity (Wildman–Crippen MR) is 146 cm³/mol. The molecule has 35 heavy (non-hydrogen) atoms. The molecule has 6 aromatic rings. The summed E-state index contributed by atoms with van der Waals surface area (Å²) >= 11 is 0.471. The van der Waals surface area contributed by atoms with Gasteiger partial charge in [0, 0.05) is 0 Å². The van der Waals surface area contributed by atoms with Gasteiger partial charge in [-0.2, -0.15) is 0 Å². The Hall–Kier alpha value is -3.46. The van der Waals surface area contributed by atoms with Crippen molar-refractivity contribution in [3.8, 4) is 42.0 Å². The molecule has 0 saturated heterocycles.